The van der Waals surface area contributed by atoms with E-state index in [2.05, 4.69) is 116 Å². The third kappa shape index (κ3) is 5.19. The number of rotatable bonds is 7. The summed E-state index contributed by atoms with van der Waals surface area (Å²) < 4.78 is 16.0. The second-order valence-corrected chi connectivity index (χ2v) is 12.8. The standard InChI is InChI=1S/C46H31N5O2/c1-48-31-14-18-33(19-15-31)49(32-16-12-30(29-47)13-17-32)34-24-35(50-43-10-6-4-8-39(43)41-27-37(52-2)20-22-45(41)50)26-36(25-34)51-44-11-7-5-9-40(44)42-28-38(53-3)21-23-46(42)51/h4-28H,2-3H3. The summed E-state index contributed by atoms with van der Waals surface area (Å²) in [6, 6.07) is 53.5. The lowest BCUT2D eigenvalue weighted by atomic mass is 10.1. The second kappa shape index (κ2) is 12.7. The van der Waals surface area contributed by atoms with Crippen LogP contribution < -0.4 is 14.4 Å². The van der Waals surface area contributed by atoms with Crippen molar-refractivity contribution in [3.8, 4) is 28.9 Å². The zero-order valence-corrected chi connectivity index (χ0v) is 29.0. The molecule has 0 atom stereocenters. The Labute approximate surface area is 306 Å². The van der Waals surface area contributed by atoms with E-state index in [4.69, 9.17) is 16.0 Å². The van der Waals surface area contributed by atoms with Crippen LogP contribution in [0.5, 0.6) is 11.5 Å². The lowest BCUT2D eigenvalue weighted by Crippen LogP contribution is -2.11. The Bertz CT molecular complexity index is 2750. The number of methoxy groups -OCH3 is 2. The molecular formula is C46H31N5O2. The molecule has 0 aliphatic rings. The Kier molecular flexibility index (Phi) is 7.54. The summed E-state index contributed by atoms with van der Waals surface area (Å²) in [5, 5.41) is 14.1. The predicted molar refractivity (Wildman–Crippen MR) is 214 cm³/mol. The molecule has 0 fully saturated rings. The normalized spacial score (nSPS) is 11.2. The molecule has 252 valence electrons. The number of fused-ring (bicyclic) bond motifs is 6. The minimum atomic E-state index is 0.560. The van der Waals surface area contributed by atoms with Crippen molar-refractivity contribution in [2.75, 3.05) is 19.1 Å². The van der Waals surface area contributed by atoms with Crippen molar-refractivity contribution in [1.82, 2.24) is 9.13 Å². The fourth-order valence-electron chi connectivity index (χ4n) is 7.49. The molecule has 2 heterocycles. The summed E-state index contributed by atoms with van der Waals surface area (Å²) >= 11 is 0. The molecule has 7 heteroatoms. The first-order chi connectivity index (χ1) is 26.1. The Hall–Kier alpha value is -7.48. The van der Waals surface area contributed by atoms with E-state index in [0.29, 0.717) is 11.3 Å². The first-order valence-electron chi connectivity index (χ1n) is 17.2. The van der Waals surface area contributed by atoms with Crippen LogP contribution >= 0.6 is 0 Å². The van der Waals surface area contributed by atoms with Crippen molar-refractivity contribution in [3.05, 3.63) is 169 Å². The largest absolute Gasteiger partial charge is 0.497 e. The van der Waals surface area contributed by atoms with Gasteiger partial charge in [-0.15, -0.1) is 0 Å². The third-order valence-electron chi connectivity index (χ3n) is 9.91. The molecule has 0 amide bonds. The van der Waals surface area contributed by atoms with E-state index in [9.17, 15) is 5.26 Å². The highest BCUT2D eigenvalue weighted by Gasteiger charge is 2.21. The molecule has 0 saturated carbocycles. The van der Waals surface area contributed by atoms with Gasteiger partial charge in [-0.2, -0.15) is 5.26 Å². The number of anilines is 3. The van der Waals surface area contributed by atoms with Crippen LogP contribution in [0.25, 0.3) is 59.8 Å². The number of nitrogens with zero attached hydrogens (tertiary/aromatic N) is 5. The van der Waals surface area contributed by atoms with E-state index in [0.717, 1.165) is 83.5 Å². The minimum Gasteiger partial charge on any atom is -0.497 e. The van der Waals surface area contributed by atoms with Gasteiger partial charge in [0, 0.05) is 32.9 Å². The SMILES string of the molecule is [C-]#[N+]c1ccc(N(c2ccc(C#N)cc2)c2cc(-n3c4ccccc4c4cc(OC)ccc43)cc(-n3c4ccccc4c4cc(OC)ccc43)c2)cc1. The number of ether oxygens (including phenoxy) is 2. The van der Waals surface area contributed by atoms with Gasteiger partial charge in [-0.1, -0.05) is 48.5 Å². The Morgan fingerprint density at radius 2 is 1.00 bits per heavy atom. The van der Waals surface area contributed by atoms with Crippen molar-refractivity contribution in [1.29, 1.82) is 5.26 Å². The maximum absolute atomic E-state index is 9.64. The second-order valence-electron chi connectivity index (χ2n) is 12.8. The molecule has 0 bridgehead atoms. The molecule has 2 aromatic heterocycles. The average Bonchev–Trinajstić information content (AvgIpc) is 3.73. The number of benzene rings is 7. The van der Waals surface area contributed by atoms with Gasteiger partial charge in [0.15, 0.2) is 5.69 Å². The van der Waals surface area contributed by atoms with Crippen LogP contribution in [0.4, 0.5) is 22.7 Å². The van der Waals surface area contributed by atoms with Crippen molar-refractivity contribution >= 4 is 66.4 Å². The molecule has 0 aliphatic carbocycles. The molecule has 7 nitrogen and oxygen atoms in total. The average molecular weight is 686 g/mol. The van der Waals surface area contributed by atoms with Gasteiger partial charge in [-0.25, -0.2) is 4.85 Å². The summed E-state index contributed by atoms with van der Waals surface area (Å²) in [6.45, 7) is 7.59. The Morgan fingerprint density at radius 1 is 0.528 bits per heavy atom. The molecule has 7 aromatic carbocycles. The fourth-order valence-corrected chi connectivity index (χ4v) is 7.49. The zero-order chi connectivity index (χ0) is 36.1. The summed E-state index contributed by atoms with van der Waals surface area (Å²) in [6.07, 6.45) is 0. The van der Waals surface area contributed by atoms with Crippen LogP contribution in [0, 0.1) is 17.9 Å². The zero-order valence-electron chi connectivity index (χ0n) is 29.0. The quantitative estimate of drug-likeness (QED) is 0.157. The highest BCUT2D eigenvalue weighted by Crippen LogP contribution is 2.42. The molecular weight excluding hydrogens is 655 g/mol. The first kappa shape index (κ1) is 31.5. The van der Waals surface area contributed by atoms with Gasteiger partial charge in [0.25, 0.3) is 0 Å². The molecule has 0 saturated heterocycles. The van der Waals surface area contributed by atoms with Gasteiger partial charge in [0.2, 0.25) is 0 Å². The molecule has 0 spiro atoms. The van der Waals surface area contributed by atoms with Crippen LogP contribution in [0.15, 0.2) is 152 Å². The summed E-state index contributed by atoms with van der Waals surface area (Å²) in [7, 11) is 3.39. The van der Waals surface area contributed by atoms with Crippen molar-refractivity contribution in [2.24, 2.45) is 0 Å². The maximum atomic E-state index is 9.64. The number of para-hydroxylation sites is 2. The summed E-state index contributed by atoms with van der Waals surface area (Å²) in [5.41, 5.74) is 9.95. The lowest BCUT2D eigenvalue weighted by molar-refractivity contribution is 0.415. The van der Waals surface area contributed by atoms with Crippen LogP contribution in [0.3, 0.4) is 0 Å². The van der Waals surface area contributed by atoms with Gasteiger partial charge in [0.05, 0.1) is 71.6 Å². The highest BCUT2D eigenvalue weighted by atomic mass is 16.5. The molecule has 9 rings (SSSR count). The number of aromatic nitrogens is 2. The lowest BCUT2D eigenvalue weighted by Gasteiger charge is -2.27. The van der Waals surface area contributed by atoms with E-state index < -0.39 is 0 Å². The van der Waals surface area contributed by atoms with Gasteiger partial charge in [0.1, 0.15) is 11.5 Å². The smallest absolute Gasteiger partial charge is 0.187 e. The number of nitriles is 1. The minimum absolute atomic E-state index is 0.560. The van der Waals surface area contributed by atoms with Crippen molar-refractivity contribution in [2.45, 2.75) is 0 Å². The molecule has 0 N–H and O–H groups in total. The van der Waals surface area contributed by atoms with Crippen molar-refractivity contribution in [3.63, 3.8) is 0 Å². The van der Waals surface area contributed by atoms with Gasteiger partial charge in [-0.05, 0) is 103 Å². The first-order valence-corrected chi connectivity index (χ1v) is 17.2. The molecule has 0 aliphatic heterocycles. The molecule has 9 aromatic rings. The van der Waals surface area contributed by atoms with E-state index in [1.54, 1.807) is 14.2 Å². The predicted octanol–water partition coefficient (Wildman–Crippen LogP) is 11.8. The number of hydrogen-bond acceptors (Lipinski definition) is 4. The van der Waals surface area contributed by atoms with E-state index >= 15 is 0 Å². The monoisotopic (exact) mass is 685 g/mol. The Balaban J connectivity index is 1.40. The van der Waals surface area contributed by atoms with Crippen LogP contribution in [-0.4, -0.2) is 23.4 Å². The van der Waals surface area contributed by atoms with Crippen LogP contribution in [0.2, 0.25) is 0 Å². The van der Waals surface area contributed by atoms with Gasteiger partial charge < -0.3 is 23.5 Å². The van der Waals surface area contributed by atoms with Crippen molar-refractivity contribution < 1.29 is 9.47 Å². The van der Waals surface area contributed by atoms with Gasteiger partial charge in [-0.3, -0.25) is 0 Å². The summed E-state index contributed by atoms with van der Waals surface area (Å²) in [4.78, 5) is 5.82. The molecule has 53 heavy (non-hydrogen) atoms. The molecule has 0 radical (unpaired) electrons. The van der Waals surface area contributed by atoms with E-state index in [1.165, 1.54) is 0 Å². The topological polar surface area (TPSA) is 59.7 Å². The molecule has 0 unspecified atom stereocenters. The third-order valence-corrected chi connectivity index (χ3v) is 9.91. The Morgan fingerprint density at radius 3 is 1.47 bits per heavy atom. The van der Waals surface area contributed by atoms with E-state index in [-0.39, 0.29) is 0 Å². The van der Waals surface area contributed by atoms with Crippen LogP contribution in [-0.2, 0) is 0 Å². The highest BCUT2D eigenvalue weighted by molar-refractivity contribution is 6.11. The van der Waals surface area contributed by atoms with E-state index in [1.807, 2.05) is 60.7 Å². The maximum Gasteiger partial charge on any atom is 0.187 e. The fraction of sp³-hybridized carbons (Fsp3) is 0.0435. The summed E-state index contributed by atoms with van der Waals surface area (Å²) in [5.74, 6) is 1.59. The van der Waals surface area contributed by atoms with Crippen LogP contribution in [0.1, 0.15) is 5.56 Å². The van der Waals surface area contributed by atoms with Gasteiger partial charge >= 0.3 is 0 Å². The number of hydrogen-bond donors (Lipinski definition) is 0.